The minimum atomic E-state index is -1.03. The minimum absolute atomic E-state index is 0.169. The Morgan fingerprint density at radius 1 is 1.35 bits per heavy atom. The van der Waals surface area contributed by atoms with Gasteiger partial charge in [-0.25, -0.2) is 14.8 Å². The summed E-state index contributed by atoms with van der Waals surface area (Å²) in [7, 11) is 0. The summed E-state index contributed by atoms with van der Waals surface area (Å²) in [6.45, 7) is 1.88. The lowest BCUT2D eigenvalue weighted by molar-refractivity contribution is -0.131. The van der Waals surface area contributed by atoms with Crippen molar-refractivity contribution in [2.75, 3.05) is 0 Å². The molecule has 0 aliphatic carbocycles. The fraction of sp³-hybridized carbons (Fsp3) is 0.0714. The molecule has 6 heteroatoms. The molecule has 0 aliphatic rings. The van der Waals surface area contributed by atoms with E-state index in [2.05, 4.69) is 9.97 Å². The molecule has 0 fully saturated rings. The van der Waals surface area contributed by atoms with Crippen molar-refractivity contribution in [2.24, 2.45) is 0 Å². The van der Waals surface area contributed by atoms with Crippen LogP contribution in [0.2, 0.25) is 5.02 Å². The molecule has 0 unspecified atom stereocenters. The molecule has 0 amide bonds. The zero-order valence-corrected chi connectivity index (χ0v) is 11.3. The summed E-state index contributed by atoms with van der Waals surface area (Å²) >= 11 is 5.89. The number of rotatable bonds is 4. The first-order valence-electron chi connectivity index (χ1n) is 5.71. The molecule has 1 heterocycles. The first-order valence-corrected chi connectivity index (χ1v) is 6.09. The van der Waals surface area contributed by atoms with Gasteiger partial charge in [0.1, 0.15) is 5.75 Å². The zero-order chi connectivity index (χ0) is 14.5. The van der Waals surface area contributed by atoms with Gasteiger partial charge in [-0.3, -0.25) is 0 Å². The van der Waals surface area contributed by atoms with Crippen molar-refractivity contribution in [3.05, 3.63) is 52.8 Å². The van der Waals surface area contributed by atoms with E-state index in [0.29, 0.717) is 16.3 Å². The summed E-state index contributed by atoms with van der Waals surface area (Å²) in [6, 6.07) is 5.45. The molecule has 0 saturated heterocycles. The molecule has 20 heavy (non-hydrogen) atoms. The highest BCUT2D eigenvalue weighted by Gasteiger charge is 2.04. The third kappa shape index (κ3) is 3.80. The maximum Gasteiger partial charge on any atom is 0.328 e. The van der Waals surface area contributed by atoms with E-state index in [1.165, 1.54) is 18.5 Å². The van der Waals surface area contributed by atoms with Gasteiger partial charge in [-0.15, -0.1) is 0 Å². The fourth-order valence-corrected chi connectivity index (χ4v) is 1.58. The van der Waals surface area contributed by atoms with Crippen LogP contribution in [0.15, 0.2) is 36.7 Å². The van der Waals surface area contributed by atoms with Crippen LogP contribution in [0.4, 0.5) is 0 Å². The number of hydrogen-bond acceptors (Lipinski definition) is 4. The number of aliphatic carboxylic acids is 1. The van der Waals surface area contributed by atoms with Gasteiger partial charge in [-0.05, 0) is 30.7 Å². The van der Waals surface area contributed by atoms with E-state index in [9.17, 15) is 4.79 Å². The molecule has 5 nitrogen and oxygen atoms in total. The standard InChI is InChI=1S/C14H11ClN2O3/c1-9-2-4-11(15)6-12(9)20-14-16-7-10(8-17-14)3-5-13(18)19/h2-8H,1H3,(H,18,19)/b5-3+. The quantitative estimate of drug-likeness (QED) is 0.874. The number of carboxylic acids is 1. The van der Waals surface area contributed by atoms with Crippen LogP contribution >= 0.6 is 11.6 Å². The molecule has 0 radical (unpaired) electrons. The van der Waals surface area contributed by atoms with Crippen molar-refractivity contribution in [1.29, 1.82) is 0 Å². The fourth-order valence-electron chi connectivity index (χ4n) is 1.41. The van der Waals surface area contributed by atoms with Crippen LogP contribution in [0.25, 0.3) is 6.08 Å². The summed E-state index contributed by atoms with van der Waals surface area (Å²) in [4.78, 5) is 18.4. The van der Waals surface area contributed by atoms with E-state index >= 15 is 0 Å². The van der Waals surface area contributed by atoms with Crippen LogP contribution in [-0.4, -0.2) is 21.0 Å². The van der Waals surface area contributed by atoms with E-state index in [-0.39, 0.29) is 6.01 Å². The molecule has 0 saturated carbocycles. The third-order valence-corrected chi connectivity index (χ3v) is 2.65. The van der Waals surface area contributed by atoms with Crippen LogP contribution < -0.4 is 4.74 Å². The second-order valence-electron chi connectivity index (χ2n) is 3.98. The van der Waals surface area contributed by atoms with Gasteiger partial charge in [0.15, 0.2) is 0 Å². The SMILES string of the molecule is Cc1ccc(Cl)cc1Oc1ncc(/C=C/C(=O)O)cn1. The zero-order valence-electron chi connectivity index (χ0n) is 10.6. The van der Waals surface area contributed by atoms with Gasteiger partial charge in [0.05, 0.1) is 0 Å². The Morgan fingerprint density at radius 2 is 2.05 bits per heavy atom. The van der Waals surface area contributed by atoms with Crippen molar-refractivity contribution < 1.29 is 14.6 Å². The topological polar surface area (TPSA) is 72.3 Å². The second-order valence-corrected chi connectivity index (χ2v) is 4.42. The Kier molecular flexibility index (Phi) is 4.32. The molecule has 1 aromatic heterocycles. The molecular formula is C14H11ClN2O3. The Labute approximate surface area is 120 Å². The molecule has 0 bridgehead atoms. The first-order chi connectivity index (χ1) is 9.54. The van der Waals surface area contributed by atoms with Gasteiger partial charge >= 0.3 is 12.0 Å². The Hall–Kier alpha value is -2.40. The van der Waals surface area contributed by atoms with Crippen LogP contribution in [0.1, 0.15) is 11.1 Å². The van der Waals surface area contributed by atoms with Gasteiger partial charge in [0, 0.05) is 29.1 Å². The number of ether oxygens (including phenoxy) is 1. The molecule has 1 N–H and O–H groups in total. The third-order valence-electron chi connectivity index (χ3n) is 2.42. The van der Waals surface area contributed by atoms with Gasteiger partial charge in [-0.1, -0.05) is 17.7 Å². The van der Waals surface area contributed by atoms with Crippen molar-refractivity contribution in [3.63, 3.8) is 0 Å². The van der Waals surface area contributed by atoms with Gasteiger partial charge in [0.2, 0.25) is 0 Å². The molecule has 2 rings (SSSR count). The van der Waals surface area contributed by atoms with E-state index in [0.717, 1.165) is 11.6 Å². The van der Waals surface area contributed by atoms with Crippen LogP contribution in [0.5, 0.6) is 11.8 Å². The van der Waals surface area contributed by atoms with Gasteiger partial charge in [-0.2, -0.15) is 0 Å². The molecule has 0 spiro atoms. The van der Waals surface area contributed by atoms with Crippen LogP contribution in [0.3, 0.4) is 0 Å². The Bertz CT molecular complexity index is 654. The number of nitrogens with zero attached hydrogens (tertiary/aromatic N) is 2. The number of hydrogen-bond donors (Lipinski definition) is 1. The normalized spacial score (nSPS) is 10.7. The summed E-state index contributed by atoms with van der Waals surface area (Å²) in [5.74, 6) is -0.453. The maximum atomic E-state index is 10.4. The summed E-state index contributed by atoms with van der Waals surface area (Å²) < 4.78 is 5.52. The summed E-state index contributed by atoms with van der Waals surface area (Å²) in [6.07, 6.45) is 5.36. The number of aryl methyl sites for hydroxylation is 1. The molecule has 1 aromatic carbocycles. The highest BCUT2D eigenvalue weighted by Crippen LogP contribution is 2.25. The average molecular weight is 291 g/mol. The van der Waals surface area contributed by atoms with Gasteiger partial charge in [0.25, 0.3) is 0 Å². The van der Waals surface area contributed by atoms with E-state index < -0.39 is 5.97 Å². The molecular weight excluding hydrogens is 280 g/mol. The van der Waals surface area contributed by atoms with Crippen molar-refractivity contribution >= 4 is 23.6 Å². The highest BCUT2D eigenvalue weighted by atomic mass is 35.5. The highest BCUT2D eigenvalue weighted by molar-refractivity contribution is 6.30. The summed E-state index contributed by atoms with van der Waals surface area (Å²) in [5.41, 5.74) is 1.48. The van der Waals surface area contributed by atoms with Crippen LogP contribution in [-0.2, 0) is 4.79 Å². The Balaban J connectivity index is 2.14. The van der Waals surface area contributed by atoms with E-state index in [4.69, 9.17) is 21.4 Å². The van der Waals surface area contributed by atoms with E-state index in [1.54, 1.807) is 12.1 Å². The number of benzene rings is 1. The monoisotopic (exact) mass is 290 g/mol. The lowest BCUT2D eigenvalue weighted by Gasteiger charge is -2.07. The Morgan fingerprint density at radius 3 is 2.70 bits per heavy atom. The van der Waals surface area contributed by atoms with Crippen molar-refractivity contribution in [3.8, 4) is 11.8 Å². The average Bonchev–Trinajstić information content (AvgIpc) is 2.42. The molecule has 0 aliphatic heterocycles. The number of carbonyl (C=O) groups is 1. The first kappa shape index (κ1) is 14.0. The summed E-state index contributed by atoms with van der Waals surface area (Å²) in [5, 5.41) is 9.08. The predicted octanol–water partition coefficient (Wildman–Crippen LogP) is 3.33. The molecule has 102 valence electrons. The molecule has 0 atom stereocenters. The number of carboxylic acid groups (broad SMARTS) is 1. The number of aromatic nitrogens is 2. The largest absolute Gasteiger partial charge is 0.478 e. The second kappa shape index (κ2) is 6.16. The minimum Gasteiger partial charge on any atom is -0.478 e. The lowest BCUT2D eigenvalue weighted by atomic mass is 10.2. The van der Waals surface area contributed by atoms with Crippen molar-refractivity contribution in [1.82, 2.24) is 9.97 Å². The van der Waals surface area contributed by atoms with Crippen molar-refractivity contribution in [2.45, 2.75) is 6.92 Å². The maximum absolute atomic E-state index is 10.4. The lowest BCUT2D eigenvalue weighted by Crippen LogP contribution is -1.94. The van der Waals surface area contributed by atoms with Gasteiger partial charge < -0.3 is 9.84 Å². The number of halogens is 1. The van der Waals surface area contributed by atoms with E-state index in [1.807, 2.05) is 13.0 Å². The predicted molar refractivity (Wildman–Crippen MR) is 75.0 cm³/mol. The van der Waals surface area contributed by atoms with Crippen LogP contribution in [0, 0.1) is 6.92 Å². The smallest absolute Gasteiger partial charge is 0.328 e. The molecule has 2 aromatic rings.